The molecular weight excluding hydrogens is 424 g/mol. The van der Waals surface area contributed by atoms with Crippen molar-refractivity contribution in [2.45, 2.75) is 65.2 Å². The lowest BCUT2D eigenvalue weighted by atomic mass is 9.71. The summed E-state index contributed by atoms with van der Waals surface area (Å²) in [5, 5.41) is 0. The SMILES string of the molecule is CC1(C)C(C)(C)C12C(=C(Br)Br)C2(c1ccccc1)C1CCCCC1. The Morgan fingerprint density at radius 2 is 1.42 bits per heavy atom. The Hall–Kier alpha value is -0.0800. The van der Waals surface area contributed by atoms with Gasteiger partial charge in [-0.05, 0) is 72.6 Å². The summed E-state index contributed by atoms with van der Waals surface area (Å²) in [6.45, 7) is 9.96. The maximum absolute atomic E-state index is 3.86. The highest BCUT2D eigenvalue weighted by Crippen LogP contribution is 3.00. The Morgan fingerprint density at radius 3 is 1.83 bits per heavy atom. The fourth-order valence-electron chi connectivity index (χ4n) is 6.98. The first-order chi connectivity index (χ1) is 11.3. The first kappa shape index (κ1) is 17.3. The highest BCUT2D eigenvalue weighted by Gasteiger charge is 2.97. The van der Waals surface area contributed by atoms with Crippen LogP contribution in [-0.4, -0.2) is 0 Å². The van der Waals surface area contributed by atoms with Crippen LogP contribution in [0.15, 0.2) is 39.3 Å². The van der Waals surface area contributed by atoms with Gasteiger partial charge in [-0.3, -0.25) is 0 Å². The van der Waals surface area contributed by atoms with Gasteiger partial charge < -0.3 is 0 Å². The summed E-state index contributed by atoms with van der Waals surface area (Å²) in [6.07, 6.45) is 6.95. The lowest BCUT2D eigenvalue weighted by Gasteiger charge is -2.33. The van der Waals surface area contributed by atoms with E-state index >= 15 is 0 Å². The van der Waals surface area contributed by atoms with Crippen LogP contribution in [0.25, 0.3) is 0 Å². The summed E-state index contributed by atoms with van der Waals surface area (Å²) < 4.78 is 1.21. The molecule has 0 radical (unpaired) electrons. The van der Waals surface area contributed by atoms with E-state index in [1.165, 1.54) is 35.5 Å². The molecule has 1 spiro atoms. The highest BCUT2D eigenvalue weighted by molar-refractivity contribution is 9.28. The Kier molecular flexibility index (Phi) is 3.77. The number of benzene rings is 1. The van der Waals surface area contributed by atoms with Gasteiger partial charge in [-0.2, -0.15) is 0 Å². The van der Waals surface area contributed by atoms with Gasteiger partial charge in [0.15, 0.2) is 0 Å². The third-order valence-corrected chi connectivity index (χ3v) is 9.10. The van der Waals surface area contributed by atoms with Gasteiger partial charge in [0.1, 0.15) is 0 Å². The van der Waals surface area contributed by atoms with E-state index in [0.717, 1.165) is 5.92 Å². The van der Waals surface area contributed by atoms with E-state index in [2.05, 4.69) is 89.9 Å². The lowest BCUT2D eigenvalue weighted by Crippen LogP contribution is -2.27. The van der Waals surface area contributed by atoms with Crippen LogP contribution >= 0.6 is 31.9 Å². The standard InChI is InChI=1S/C22H28Br2/c1-19(2)20(3,4)22(19)17(18(23)24)21(22,15-11-7-5-8-12-15)16-13-9-6-10-14-16/h5,7-8,11-12,16H,6,9-10,13-14H2,1-4H3. The van der Waals surface area contributed by atoms with Gasteiger partial charge in [0.2, 0.25) is 0 Å². The molecule has 0 aliphatic heterocycles. The van der Waals surface area contributed by atoms with Gasteiger partial charge in [0.25, 0.3) is 0 Å². The van der Waals surface area contributed by atoms with Crippen molar-refractivity contribution >= 4 is 31.9 Å². The molecule has 1 aromatic rings. The molecule has 1 unspecified atom stereocenters. The monoisotopic (exact) mass is 450 g/mol. The van der Waals surface area contributed by atoms with E-state index in [9.17, 15) is 0 Å². The predicted octanol–water partition coefficient (Wildman–Crippen LogP) is 7.57. The molecule has 0 amide bonds. The molecule has 0 aromatic heterocycles. The van der Waals surface area contributed by atoms with Crippen molar-refractivity contribution in [1.82, 2.24) is 0 Å². The molecule has 0 bridgehead atoms. The van der Waals surface area contributed by atoms with Crippen molar-refractivity contribution in [3.05, 3.63) is 44.9 Å². The summed E-state index contributed by atoms with van der Waals surface area (Å²) in [4.78, 5) is 0. The fraction of sp³-hybridized carbons (Fsp3) is 0.636. The van der Waals surface area contributed by atoms with E-state index in [4.69, 9.17) is 0 Å². The smallest absolute Gasteiger partial charge is 0.0612 e. The maximum Gasteiger partial charge on any atom is 0.0612 e. The number of rotatable bonds is 2. The van der Waals surface area contributed by atoms with Crippen LogP contribution in [0.2, 0.25) is 0 Å². The minimum atomic E-state index is 0.212. The van der Waals surface area contributed by atoms with Crippen LogP contribution in [0, 0.1) is 22.2 Å². The Bertz CT molecular complexity index is 674. The van der Waals surface area contributed by atoms with Crippen LogP contribution in [0.5, 0.6) is 0 Å². The van der Waals surface area contributed by atoms with Crippen LogP contribution in [-0.2, 0) is 5.41 Å². The molecule has 1 aromatic carbocycles. The average Bonchev–Trinajstić information content (AvgIpc) is 3.34. The molecule has 0 nitrogen and oxygen atoms in total. The Morgan fingerprint density at radius 1 is 0.875 bits per heavy atom. The molecule has 3 aliphatic rings. The molecule has 3 fully saturated rings. The summed E-state index contributed by atoms with van der Waals surface area (Å²) in [5.41, 5.74) is 4.35. The van der Waals surface area contributed by atoms with Crippen LogP contribution in [0.4, 0.5) is 0 Å². The number of hydrogen-bond acceptors (Lipinski definition) is 0. The number of allylic oxidation sites excluding steroid dienone is 1. The first-order valence-corrected chi connectivity index (χ1v) is 11.0. The topological polar surface area (TPSA) is 0 Å². The van der Waals surface area contributed by atoms with E-state index in [0.29, 0.717) is 16.2 Å². The molecule has 2 heteroatoms. The number of halogens is 2. The molecule has 3 aliphatic carbocycles. The average molecular weight is 452 g/mol. The molecule has 0 saturated heterocycles. The largest absolute Gasteiger partial charge is 0.0622 e. The number of hydrogen-bond donors (Lipinski definition) is 0. The molecule has 0 N–H and O–H groups in total. The van der Waals surface area contributed by atoms with Gasteiger partial charge in [-0.1, -0.05) is 77.3 Å². The van der Waals surface area contributed by atoms with Crippen molar-refractivity contribution < 1.29 is 0 Å². The Balaban J connectivity index is 1.97. The van der Waals surface area contributed by atoms with Crippen molar-refractivity contribution in [3.8, 4) is 0 Å². The summed E-state index contributed by atoms with van der Waals surface area (Å²) in [7, 11) is 0. The zero-order valence-corrected chi connectivity index (χ0v) is 18.4. The van der Waals surface area contributed by atoms with Gasteiger partial charge >= 0.3 is 0 Å². The highest BCUT2D eigenvalue weighted by atomic mass is 79.9. The maximum atomic E-state index is 3.86. The van der Waals surface area contributed by atoms with Crippen LogP contribution in [0.3, 0.4) is 0 Å². The normalized spacial score (nSPS) is 32.7. The lowest BCUT2D eigenvalue weighted by molar-refractivity contribution is 0.257. The van der Waals surface area contributed by atoms with E-state index < -0.39 is 0 Å². The zero-order valence-electron chi connectivity index (χ0n) is 15.3. The molecule has 130 valence electrons. The second-order valence-corrected chi connectivity index (χ2v) is 11.8. The van der Waals surface area contributed by atoms with Gasteiger partial charge in [0, 0.05) is 10.8 Å². The van der Waals surface area contributed by atoms with E-state index in [1.807, 2.05) is 0 Å². The predicted molar refractivity (Wildman–Crippen MR) is 110 cm³/mol. The quantitative estimate of drug-likeness (QED) is 0.434. The molecule has 24 heavy (non-hydrogen) atoms. The van der Waals surface area contributed by atoms with Gasteiger partial charge in [-0.15, -0.1) is 0 Å². The second kappa shape index (κ2) is 5.22. The first-order valence-electron chi connectivity index (χ1n) is 9.39. The summed E-state index contributed by atoms with van der Waals surface area (Å²) in [5.74, 6) is 0.773. The molecule has 0 heterocycles. The molecule has 4 rings (SSSR count). The molecule has 1 atom stereocenters. The van der Waals surface area contributed by atoms with Crippen molar-refractivity contribution in [1.29, 1.82) is 0 Å². The summed E-state index contributed by atoms with van der Waals surface area (Å²) in [6, 6.07) is 11.4. The zero-order chi connectivity index (χ0) is 17.4. The van der Waals surface area contributed by atoms with Crippen LogP contribution in [0.1, 0.15) is 65.4 Å². The van der Waals surface area contributed by atoms with Crippen molar-refractivity contribution in [2.75, 3.05) is 0 Å². The fourth-order valence-corrected chi connectivity index (χ4v) is 8.20. The van der Waals surface area contributed by atoms with Crippen molar-refractivity contribution in [3.63, 3.8) is 0 Å². The third-order valence-electron chi connectivity index (χ3n) is 8.31. The molecular formula is C22H28Br2. The van der Waals surface area contributed by atoms with Crippen molar-refractivity contribution in [2.24, 2.45) is 22.2 Å². The minimum absolute atomic E-state index is 0.212. The van der Waals surface area contributed by atoms with E-state index in [1.54, 1.807) is 11.1 Å². The minimum Gasteiger partial charge on any atom is -0.0622 e. The third kappa shape index (κ3) is 1.66. The van der Waals surface area contributed by atoms with Gasteiger partial charge in [0.05, 0.1) is 3.39 Å². The summed E-state index contributed by atoms with van der Waals surface area (Å²) >= 11 is 7.71. The second-order valence-electron chi connectivity index (χ2n) is 9.14. The molecule has 3 saturated carbocycles. The van der Waals surface area contributed by atoms with Crippen LogP contribution < -0.4 is 0 Å². The van der Waals surface area contributed by atoms with E-state index in [-0.39, 0.29) is 5.41 Å². The Labute approximate surface area is 163 Å². The van der Waals surface area contributed by atoms with Gasteiger partial charge in [-0.25, -0.2) is 0 Å².